The van der Waals surface area contributed by atoms with Crippen LogP contribution in [0.15, 0.2) is 47.6 Å². The highest BCUT2D eigenvalue weighted by Gasteiger charge is 2.16. The number of halogens is 1. The maximum absolute atomic E-state index is 6.40. The molecule has 3 aromatic rings. The number of ether oxygens (including phenoxy) is 1. The predicted molar refractivity (Wildman–Crippen MR) is 112 cm³/mol. The zero-order valence-electron chi connectivity index (χ0n) is 15.9. The normalized spacial score (nSPS) is 11.1. The fraction of sp³-hybridized carbons (Fsp3) is 0.333. The van der Waals surface area contributed by atoms with Crippen molar-refractivity contribution in [2.45, 2.75) is 37.7 Å². The molecule has 4 nitrogen and oxygen atoms in total. The van der Waals surface area contributed by atoms with Gasteiger partial charge in [0.05, 0.1) is 5.02 Å². The van der Waals surface area contributed by atoms with Crippen molar-refractivity contribution in [3.05, 3.63) is 64.2 Å². The van der Waals surface area contributed by atoms with Gasteiger partial charge in [0.1, 0.15) is 0 Å². The van der Waals surface area contributed by atoms with E-state index in [4.69, 9.17) is 16.3 Å². The van der Waals surface area contributed by atoms with Gasteiger partial charge >= 0.3 is 0 Å². The van der Waals surface area contributed by atoms with Crippen LogP contribution in [0.5, 0.6) is 0 Å². The van der Waals surface area contributed by atoms with Crippen LogP contribution in [0.4, 0.5) is 0 Å². The van der Waals surface area contributed by atoms with Gasteiger partial charge in [-0.1, -0.05) is 64.8 Å². The first-order valence-electron chi connectivity index (χ1n) is 8.95. The van der Waals surface area contributed by atoms with E-state index >= 15 is 0 Å². The monoisotopic (exact) mass is 401 g/mol. The van der Waals surface area contributed by atoms with E-state index < -0.39 is 0 Å². The summed E-state index contributed by atoms with van der Waals surface area (Å²) in [7, 11) is 1.72. The van der Waals surface area contributed by atoms with Gasteiger partial charge in [-0.25, -0.2) is 0 Å². The second-order valence-corrected chi connectivity index (χ2v) is 7.92. The molecule has 0 saturated heterocycles. The van der Waals surface area contributed by atoms with Gasteiger partial charge in [-0.2, -0.15) is 0 Å². The van der Waals surface area contributed by atoms with Crippen LogP contribution in [0.2, 0.25) is 5.02 Å². The molecule has 142 valence electrons. The zero-order chi connectivity index (χ0) is 19.2. The van der Waals surface area contributed by atoms with Gasteiger partial charge < -0.3 is 9.30 Å². The molecule has 27 heavy (non-hydrogen) atoms. The molecular formula is C21H24ClN3OS. The highest BCUT2D eigenvalue weighted by Crippen LogP contribution is 2.30. The van der Waals surface area contributed by atoms with Crippen molar-refractivity contribution < 1.29 is 4.74 Å². The number of methoxy groups -OCH3 is 1. The Balaban J connectivity index is 1.86. The molecule has 0 aliphatic heterocycles. The number of thioether (sulfide) groups is 1. The van der Waals surface area contributed by atoms with E-state index in [0.29, 0.717) is 11.6 Å². The second-order valence-electron chi connectivity index (χ2n) is 6.57. The number of aromatic nitrogens is 3. The Labute approximate surface area is 169 Å². The predicted octanol–water partition coefficient (Wildman–Crippen LogP) is 5.54. The molecule has 0 saturated carbocycles. The van der Waals surface area contributed by atoms with Crippen LogP contribution in [0, 0.1) is 13.8 Å². The first-order valence-corrected chi connectivity index (χ1v) is 10.3. The van der Waals surface area contributed by atoms with E-state index in [0.717, 1.165) is 35.3 Å². The summed E-state index contributed by atoms with van der Waals surface area (Å²) in [5, 5.41) is 10.5. The van der Waals surface area contributed by atoms with Crippen molar-refractivity contribution in [1.29, 1.82) is 0 Å². The fourth-order valence-corrected chi connectivity index (χ4v) is 4.22. The minimum absolute atomic E-state index is 0.684. The first-order chi connectivity index (χ1) is 13.1. The lowest BCUT2D eigenvalue weighted by Gasteiger charge is -2.11. The molecule has 0 aliphatic rings. The topological polar surface area (TPSA) is 39.9 Å². The first kappa shape index (κ1) is 19.9. The summed E-state index contributed by atoms with van der Waals surface area (Å²) in [6, 6.07) is 14.4. The summed E-state index contributed by atoms with van der Waals surface area (Å²) in [4.78, 5) is 0. The Morgan fingerprint density at radius 1 is 1.07 bits per heavy atom. The van der Waals surface area contributed by atoms with Gasteiger partial charge in [-0.05, 0) is 38.0 Å². The van der Waals surface area contributed by atoms with Gasteiger partial charge in [-0.15, -0.1) is 10.2 Å². The Hall–Kier alpha value is -1.82. The second kappa shape index (κ2) is 9.40. The number of rotatable bonds is 8. The number of hydrogen-bond acceptors (Lipinski definition) is 4. The molecule has 0 radical (unpaired) electrons. The molecule has 0 fully saturated rings. The Bertz CT molecular complexity index is 890. The van der Waals surface area contributed by atoms with Gasteiger partial charge in [0.25, 0.3) is 0 Å². The molecule has 6 heteroatoms. The van der Waals surface area contributed by atoms with Crippen LogP contribution >= 0.6 is 23.4 Å². The van der Waals surface area contributed by atoms with Crippen molar-refractivity contribution in [2.75, 3.05) is 13.7 Å². The molecule has 0 unspecified atom stereocenters. The van der Waals surface area contributed by atoms with Crippen molar-refractivity contribution in [1.82, 2.24) is 14.8 Å². The van der Waals surface area contributed by atoms with Crippen LogP contribution < -0.4 is 0 Å². The Morgan fingerprint density at radius 3 is 2.52 bits per heavy atom. The average molecular weight is 402 g/mol. The van der Waals surface area contributed by atoms with Crippen LogP contribution in [-0.2, 0) is 17.0 Å². The van der Waals surface area contributed by atoms with E-state index in [2.05, 4.69) is 46.8 Å². The third kappa shape index (κ3) is 5.12. The number of nitrogens with zero attached hydrogens (tertiary/aromatic N) is 3. The highest BCUT2D eigenvalue weighted by molar-refractivity contribution is 7.98. The summed E-state index contributed by atoms with van der Waals surface area (Å²) in [6.07, 6.45) is 0.892. The van der Waals surface area contributed by atoms with E-state index in [1.807, 2.05) is 24.3 Å². The van der Waals surface area contributed by atoms with E-state index in [1.54, 1.807) is 18.9 Å². The highest BCUT2D eigenvalue weighted by atomic mass is 35.5. The van der Waals surface area contributed by atoms with Crippen LogP contribution in [0.25, 0.3) is 11.4 Å². The number of benzene rings is 2. The Morgan fingerprint density at radius 2 is 1.81 bits per heavy atom. The minimum Gasteiger partial charge on any atom is -0.385 e. The van der Waals surface area contributed by atoms with Gasteiger partial charge in [0, 0.05) is 31.6 Å². The van der Waals surface area contributed by atoms with Crippen LogP contribution in [0.1, 0.15) is 23.1 Å². The quantitative estimate of drug-likeness (QED) is 0.366. The number of hydrogen-bond donors (Lipinski definition) is 0. The van der Waals surface area contributed by atoms with Crippen LogP contribution in [0.3, 0.4) is 0 Å². The van der Waals surface area contributed by atoms with Crippen molar-refractivity contribution >= 4 is 23.4 Å². The summed E-state index contributed by atoms with van der Waals surface area (Å²) < 4.78 is 7.36. The lowest BCUT2D eigenvalue weighted by atomic mass is 10.1. The maximum atomic E-state index is 6.40. The van der Waals surface area contributed by atoms with Crippen molar-refractivity contribution in [2.24, 2.45) is 0 Å². The smallest absolute Gasteiger partial charge is 0.191 e. The molecule has 1 aromatic heterocycles. The maximum Gasteiger partial charge on any atom is 0.191 e. The summed E-state index contributed by atoms with van der Waals surface area (Å²) in [6.45, 7) is 5.74. The van der Waals surface area contributed by atoms with Gasteiger partial charge in [0.15, 0.2) is 11.0 Å². The Kier molecular flexibility index (Phi) is 6.94. The molecule has 0 bridgehead atoms. The van der Waals surface area contributed by atoms with Gasteiger partial charge in [-0.3, -0.25) is 0 Å². The molecule has 3 rings (SSSR count). The molecule has 0 atom stereocenters. The van der Waals surface area contributed by atoms with Crippen LogP contribution in [-0.4, -0.2) is 28.5 Å². The molecule has 0 aliphatic carbocycles. The molecule has 0 amide bonds. The zero-order valence-corrected chi connectivity index (χ0v) is 17.5. The average Bonchev–Trinajstić information content (AvgIpc) is 3.02. The molecular weight excluding hydrogens is 378 g/mol. The SMILES string of the molecule is COCCCn1c(SCc2cc(C)cc(C)c2)nnc1-c1ccccc1Cl. The van der Waals surface area contributed by atoms with Gasteiger partial charge in [0.2, 0.25) is 0 Å². The molecule has 1 heterocycles. The summed E-state index contributed by atoms with van der Waals surface area (Å²) in [5.41, 5.74) is 4.76. The largest absolute Gasteiger partial charge is 0.385 e. The van der Waals surface area contributed by atoms with Crippen molar-refractivity contribution in [3.8, 4) is 11.4 Å². The third-order valence-electron chi connectivity index (χ3n) is 4.21. The third-order valence-corrected chi connectivity index (χ3v) is 5.58. The molecule has 0 spiro atoms. The van der Waals surface area contributed by atoms with E-state index in [-0.39, 0.29) is 0 Å². The van der Waals surface area contributed by atoms with Crippen molar-refractivity contribution in [3.63, 3.8) is 0 Å². The van der Waals surface area contributed by atoms with E-state index in [1.165, 1.54) is 16.7 Å². The lowest BCUT2D eigenvalue weighted by Crippen LogP contribution is -2.05. The fourth-order valence-electron chi connectivity index (χ4n) is 3.11. The lowest BCUT2D eigenvalue weighted by molar-refractivity contribution is 0.189. The van der Waals surface area contributed by atoms with E-state index in [9.17, 15) is 0 Å². The molecule has 2 aromatic carbocycles. The summed E-state index contributed by atoms with van der Waals surface area (Å²) in [5.74, 6) is 1.66. The number of aryl methyl sites for hydroxylation is 2. The minimum atomic E-state index is 0.684. The summed E-state index contributed by atoms with van der Waals surface area (Å²) >= 11 is 8.10. The standard InChI is InChI=1S/C21H24ClN3OS/c1-15-11-16(2)13-17(12-15)14-27-21-24-23-20(25(21)9-6-10-26-3)18-7-4-5-8-19(18)22/h4-5,7-8,11-13H,6,9-10,14H2,1-3H3. The molecule has 0 N–H and O–H groups in total.